The Labute approximate surface area is 234 Å². The molecule has 9 heteroatoms. The van der Waals surface area contributed by atoms with Crippen LogP contribution in [0.2, 0.25) is 5.02 Å². The number of anilines is 1. The first-order valence-electron chi connectivity index (χ1n) is 14.1. The minimum absolute atomic E-state index is 0.0245. The molecular formula is C30H37ClN6O2. The molecule has 1 saturated carbocycles. The number of H-pyrrole nitrogens is 1. The summed E-state index contributed by atoms with van der Waals surface area (Å²) in [5, 5.41) is 12.8. The predicted molar refractivity (Wildman–Crippen MR) is 155 cm³/mol. The molecule has 1 amide bonds. The summed E-state index contributed by atoms with van der Waals surface area (Å²) in [6, 6.07) is 8.57. The zero-order valence-corrected chi connectivity index (χ0v) is 23.4. The number of benzene rings is 1. The Morgan fingerprint density at radius 2 is 1.92 bits per heavy atom. The van der Waals surface area contributed by atoms with E-state index in [4.69, 9.17) is 16.6 Å². The first kappa shape index (κ1) is 26.3. The van der Waals surface area contributed by atoms with E-state index in [9.17, 15) is 9.90 Å². The van der Waals surface area contributed by atoms with Gasteiger partial charge in [-0.15, -0.1) is 0 Å². The van der Waals surface area contributed by atoms with Crippen LogP contribution in [0, 0.1) is 23.7 Å². The molecule has 2 bridgehead atoms. The van der Waals surface area contributed by atoms with E-state index in [1.807, 2.05) is 0 Å². The third-order valence-corrected chi connectivity index (χ3v) is 9.33. The van der Waals surface area contributed by atoms with E-state index in [2.05, 4.69) is 75.5 Å². The van der Waals surface area contributed by atoms with Crippen molar-refractivity contribution in [2.45, 2.75) is 25.7 Å². The minimum atomic E-state index is -0.139. The lowest BCUT2D eigenvalue weighted by Crippen LogP contribution is -2.44. The summed E-state index contributed by atoms with van der Waals surface area (Å²) in [6.45, 7) is 6.58. The van der Waals surface area contributed by atoms with Gasteiger partial charge in [-0.3, -0.25) is 4.79 Å². The van der Waals surface area contributed by atoms with Gasteiger partial charge in [0, 0.05) is 61.7 Å². The van der Waals surface area contributed by atoms with E-state index in [0.29, 0.717) is 16.6 Å². The van der Waals surface area contributed by atoms with Gasteiger partial charge in [0.15, 0.2) is 5.65 Å². The smallest absolute Gasteiger partial charge is 0.224 e. The molecule has 3 aromatic rings. The second-order valence-corrected chi connectivity index (χ2v) is 11.6. The Hall–Kier alpha value is -2.94. The fourth-order valence-corrected chi connectivity index (χ4v) is 7.37. The quantitative estimate of drug-likeness (QED) is 0.367. The standard InChI is InChI=1S/C30H37ClN6O2/c1-3-22(24-19-4-5-20(16-19)25(24)30(39)32-10-15-38)26-23(31)17-33-29-27(26)34-28(35-29)18-6-8-21(9-7-18)37-13-11-36(2)12-14-37/h4-9,17,19-20,22,24-25,38H,3,10-16H2,1-2H3,(H,32,39)(H,33,34,35). The number of fused-ring (bicyclic) bond motifs is 3. The molecule has 3 aliphatic rings. The number of amides is 1. The van der Waals surface area contributed by atoms with Crippen LogP contribution < -0.4 is 10.2 Å². The number of carbonyl (C=O) groups is 1. The van der Waals surface area contributed by atoms with E-state index >= 15 is 0 Å². The summed E-state index contributed by atoms with van der Waals surface area (Å²) in [5.41, 5.74) is 4.73. The lowest BCUT2D eigenvalue weighted by Gasteiger charge is -2.34. The average Bonchev–Trinajstić information content (AvgIpc) is 3.69. The third kappa shape index (κ3) is 4.83. The van der Waals surface area contributed by atoms with Crippen molar-refractivity contribution in [2.75, 3.05) is 51.3 Å². The summed E-state index contributed by atoms with van der Waals surface area (Å²) in [4.78, 5) is 31.0. The van der Waals surface area contributed by atoms with E-state index in [1.165, 1.54) is 5.69 Å². The molecule has 39 heavy (non-hydrogen) atoms. The Morgan fingerprint density at radius 3 is 2.64 bits per heavy atom. The van der Waals surface area contributed by atoms with Crippen molar-refractivity contribution in [2.24, 2.45) is 23.7 Å². The number of pyridine rings is 1. The molecule has 1 aromatic carbocycles. The monoisotopic (exact) mass is 548 g/mol. The second-order valence-electron chi connectivity index (χ2n) is 11.2. The molecule has 2 aliphatic carbocycles. The zero-order chi connectivity index (χ0) is 27.1. The Bertz CT molecular complexity index is 1360. The largest absolute Gasteiger partial charge is 0.395 e. The maximum absolute atomic E-state index is 13.2. The van der Waals surface area contributed by atoms with Gasteiger partial charge in [0.05, 0.1) is 17.1 Å². The highest BCUT2D eigenvalue weighted by Gasteiger charge is 2.51. The van der Waals surface area contributed by atoms with Gasteiger partial charge < -0.3 is 25.2 Å². The molecule has 5 unspecified atom stereocenters. The van der Waals surface area contributed by atoms with Crippen LogP contribution in [-0.2, 0) is 4.79 Å². The highest BCUT2D eigenvalue weighted by atomic mass is 35.5. The molecule has 6 rings (SSSR count). The van der Waals surface area contributed by atoms with Crippen LogP contribution in [0.3, 0.4) is 0 Å². The number of nitrogens with one attached hydrogen (secondary N) is 2. The number of allylic oxidation sites excluding steroid dienone is 2. The molecular weight excluding hydrogens is 512 g/mol. The summed E-state index contributed by atoms with van der Waals surface area (Å²) >= 11 is 6.87. The van der Waals surface area contributed by atoms with Gasteiger partial charge in [0.1, 0.15) is 5.82 Å². The lowest BCUT2D eigenvalue weighted by molar-refractivity contribution is -0.127. The number of likely N-dealkylation sites (N-methyl/N-ethyl adjacent to an activating group) is 1. The van der Waals surface area contributed by atoms with Crippen molar-refractivity contribution in [3.63, 3.8) is 0 Å². The average molecular weight is 549 g/mol. The highest BCUT2D eigenvalue weighted by Crippen LogP contribution is 2.55. The number of aromatic nitrogens is 3. The van der Waals surface area contributed by atoms with Crippen molar-refractivity contribution in [3.8, 4) is 11.4 Å². The fourth-order valence-electron chi connectivity index (χ4n) is 7.09. The Balaban J connectivity index is 1.32. The van der Waals surface area contributed by atoms with Crippen LogP contribution in [0.5, 0.6) is 0 Å². The van der Waals surface area contributed by atoms with Gasteiger partial charge in [0.2, 0.25) is 5.91 Å². The van der Waals surface area contributed by atoms with Crippen LogP contribution in [0.25, 0.3) is 22.6 Å². The summed E-state index contributed by atoms with van der Waals surface area (Å²) in [7, 11) is 2.17. The van der Waals surface area contributed by atoms with Gasteiger partial charge >= 0.3 is 0 Å². The van der Waals surface area contributed by atoms with Gasteiger partial charge in [-0.05, 0) is 67.8 Å². The Kier molecular flexibility index (Phi) is 7.35. The van der Waals surface area contributed by atoms with Crippen molar-refractivity contribution >= 4 is 34.4 Å². The number of hydrogen-bond acceptors (Lipinski definition) is 6. The van der Waals surface area contributed by atoms with E-state index in [0.717, 1.165) is 61.5 Å². The molecule has 1 aliphatic heterocycles. The van der Waals surface area contributed by atoms with Crippen molar-refractivity contribution in [1.82, 2.24) is 25.2 Å². The molecule has 2 fully saturated rings. The minimum Gasteiger partial charge on any atom is -0.395 e. The van der Waals surface area contributed by atoms with Crippen LogP contribution in [0.1, 0.15) is 31.2 Å². The van der Waals surface area contributed by atoms with E-state index < -0.39 is 0 Å². The summed E-state index contributed by atoms with van der Waals surface area (Å²) < 4.78 is 0. The number of halogens is 1. The van der Waals surface area contributed by atoms with Crippen LogP contribution in [-0.4, -0.2) is 77.2 Å². The molecule has 206 valence electrons. The molecule has 3 heterocycles. The number of rotatable bonds is 8. The fraction of sp³-hybridized carbons (Fsp3) is 0.500. The van der Waals surface area contributed by atoms with Gasteiger partial charge in [-0.25, -0.2) is 9.97 Å². The van der Waals surface area contributed by atoms with Gasteiger partial charge in [0.25, 0.3) is 0 Å². The second kappa shape index (κ2) is 10.9. The molecule has 8 nitrogen and oxygen atoms in total. The number of aromatic amines is 1. The number of hydrogen-bond donors (Lipinski definition) is 3. The molecule has 0 radical (unpaired) electrons. The lowest BCUT2D eigenvalue weighted by atomic mass is 9.71. The van der Waals surface area contributed by atoms with Crippen LogP contribution >= 0.6 is 11.6 Å². The third-order valence-electron chi connectivity index (χ3n) is 9.03. The SMILES string of the molecule is CCC(c1c(Cl)cnc2nc(-c3ccc(N4CCN(C)CC4)cc3)[nH]c12)C1C2C=CC(C2)C1C(=O)NCCO. The van der Waals surface area contributed by atoms with Gasteiger partial charge in [-0.1, -0.05) is 30.7 Å². The van der Waals surface area contributed by atoms with Crippen LogP contribution in [0.4, 0.5) is 5.69 Å². The Morgan fingerprint density at radius 1 is 1.18 bits per heavy atom. The summed E-state index contributed by atoms with van der Waals surface area (Å²) in [6.07, 6.45) is 8.00. The molecule has 3 N–H and O–H groups in total. The predicted octanol–water partition coefficient (Wildman–Crippen LogP) is 4.07. The zero-order valence-electron chi connectivity index (χ0n) is 22.6. The van der Waals surface area contributed by atoms with Crippen molar-refractivity contribution < 1.29 is 9.90 Å². The van der Waals surface area contributed by atoms with Crippen molar-refractivity contribution in [1.29, 1.82) is 0 Å². The first-order valence-corrected chi connectivity index (χ1v) is 14.5. The number of imidazole rings is 1. The van der Waals surface area contributed by atoms with E-state index in [1.54, 1.807) is 6.20 Å². The van der Waals surface area contributed by atoms with Crippen LogP contribution in [0.15, 0.2) is 42.6 Å². The maximum atomic E-state index is 13.2. The number of carbonyl (C=O) groups excluding carboxylic acids is 1. The normalized spacial score (nSPS) is 25.5. The number of aliphatic hydroxyl groups is 1. The molecule has 0 spiro atoms. The highest BCUT2D eigenvalue weighted by molar-refractivity contribution is 6.32. The maximum Gasteiger partial charge on any atom is 0.224 e. The topological polar surface area (TPSA) is 97.4 Å². The first-order chi connectivity index (χ1) is 19.0. The summed E-state index contributed by atoms with van der Waals surface area (Å²) in [5.74, 6) is 1.40. The number of aliphatic hydroxyl groups excluding tert-OH is 1. The number of nitrogens with zero attached hydrogens (tertiary/aromatic N) is 4. The number of piperazine rings is 1. The molecule has 5 atom stereocenters. The molecule has 2 aromatic heterocycles. The van der Waals surface area contributed by atoms with Crippen molar-refractivity contribution in [3.05, 3.63) is 53.2 Å². The molecule has 1 saturated heterocycles. The van der Waals surface area contributed by atoms with E-state index in [-0.39, 0.29) is 42.7 Å². The van der Waals surface area contributed by atoms with Gasteiger partial charge in [-0.2, -0.15) is 0 Å².